The first-order chi connectivity index (χ1) is 9.38. The lowest BCUT2D eigenvalue weighted by Gasteiger charge is -2.15. The molecule has 1 atom stereocenters. The quantitative estimate of drug-likeness (QED) is 0.581. The number of nitriles is 1. The van der Waals surface area contributed by atoms with Gasteiger partial charge in [-0.15, -0.1) is 6.58 Å². The van der Waals surface area contributed by atoms with Gasteiger partial charge in [0.2, 0.25) is 0 Å². The van der Waals surface area contributed by atoms with E-state index in [1.807, 2.05) is 6.07 Å². The Bertz CT molecular complexity index is 544. The fourth-order valence-electron chi connectivity index (χ4n) is 1.47. The molecule has 0 aliphatic heterocycles. The second-order valence-electron chi connectivity index (χ2n) is 4.05. The van der Waals surface area contributed by atoms with Gasteiger partial charge in [-0.25, -0.2) is 0 Å². The van der Waals surface area contributed by atoms with Gasteiger partial charge in [0.25, 0.3) is 0 Å². The number of benzene rings is 1. The minimum atomic E-state index is -4.40. The van der Waals surface area contributed by atoms with Crippen LogP contribution >= 0.6 is 11.6 Å². The summed E-state index contributed by atoms with van der Waals surface area (Å²) < 4.78 is 38.2. The van der Waals surface area contributed by atoms with Gasteiger partial charge >= 0.3 is 6.18 Å². The largest absolute Gasteiger partial charge is 0.410 e. The summed E-state index contributed by atoms with van der Waals surface area (Å²) in [7, 11) is 0. The smallest absolute Gasteiger partial charge is 0.280 e. The summed E-state index contributed by atoms with van der Waals surface area (Å²) in [5.74, 6) is 0. The van der Waals surface area contributed by atoms with Crippen molar-refractivity contribution in [3.8, 4) is 6.07 Å². The van der Waals surface area contributed by atoms with E-state index in [-0.39, 0.29) is 17.9 Å². The van der Waals surface area contributed by atoms with E-state index in [1.54, 1.807) is 0 Å². The van der Waals surface area contributed by atoms with Crippen molar-refractivity contribution >= 4 is 17.8 Å². The number of hydrogen-bond donors (Lipinski definition) is 0. The van der Waals surface area contributed by atoms with Crippen molar-refractivity contribution in [1.82, 2.24) is 0 Å². The fourth-order valence-corrected chi connectivity index (χ4v) is 1.70. The van der Waals surface area contributed by atoms with Gasteiger partial charge in [0.05, 0.1) is 16.7 Å². The van der Waals surface area contributed by atoms with Gasteiger partial charge in [-0.2, -0.15) is 18.4 Å². The van der Waals surface area contributed by atoms with Crippen LogP contribution in [-0.4, -0.2) is 18.4 Å². The third-order valence-corrected chi connectivity index (χ3v) is 2.87. The third kappa shape index (κ3) is 4.71. The fraction of sp³-hybridized carbons (Fsp3) is 0.286. The van der Waals surface area contributed by atoms with Gasteiger partial charge in [0, 0.05) is 11.8 Å². The summed E-state index contributed by atoms with van der Waals surface area (Å²) in [6, 6.07) is 4.43. The molecule has 0 bridgehead atoms. The summed E-state index contributed by atoms with van der Waals surface area (Å²) >= 11 is 5.87. The topological polar surface area (TPSA) is 36.1 Å². The van der Waals surface area contributed by atoms with Crippen molar-refractivity contribution < 1.29 is 13.2 Å². The monoisotopic (exact) mass is 300 g/mol. The second kappa shape index (κ2) is 7.11. The number of alkyl halides is 3. The average molecular weight is 301 g/mol. The maximum Gasteiger partial charge on any atom is 0.410 e. The number of rotatable bonds is 5. The zero-order valence-corrected chi connectivity index (χ0v) is 11.2. The summed E-state index contributed by atoms with van der Waals surface area (Å²) in [5, 5.41) is 8.87. The highest BCUT2D eigenvalue weighted by molar-refractivity contribution is 6.33. The lowest BCUT2D eigenvalue weighted by atomic mass is 10.1. The van der Waals surface area contributed by atoms with Crippen molar-refractivity contribution in [2.75, 3.05) is 0 Å². The van der Waals surface area contributed by atoms with Crippen LogP contribution in [0, 0.1) is 11.3 Å². The van der Waals surface area contributed by atoms with Crippen LogP contribution in [0.2, 0.25) is 5.02 Å². The number of halogens is 4. The van der Waals surface area contributed by atoms with Crippen LogP contribution in [0.15, 0.2) is 35.8 Å². The molecule has 0 amide bonds. The molecule has 1 aromatic rings. The molecule has 0 saturated heterocycles. The maximum absolute atomic E-state index is 12.7. The normalized spacial score (nSPS) is 13.2. The van der Waals surface area contributed by atoms with E-state index in [0.29, 0.717) is 11.1 Å². The van der Waals surface area contributed by atoms with E-state index in [2.05, 4.69) is 11.6 Å². The second-order valence-corrected chi connectivity index (χ2v) is 4.46. The molecule has 0 saturated carbocycles. The van der Waals surface area contributed by atoms with Crippen LogP contribution in [0.4, 0.5) is 13.2 Å². The van der Waals surface area contributed by atoms with Gasteiger partial charge in [-0.05, 0) is 25.0 Å². The van der Waals surface area contributed by atoms with Crippen LogP contribution < -0.4 is 0 Å². The number of allylic oxidation sites excluding steroid dienone is 1. The highest BCUT2D eigenvalue weighted by Gasteiger charge is 2.38. The molecule has 0 aliphatic carbocycles. The summed E-state index contributed by atoms with van der Waals surface area (Å²) in [5.41, 5.74) is 0.685. The van der Waals surface area contributed by atoms with E-state index in [4.69, 9.17) is 16.9 Å². The van der Waals surface area contributed by atoms with Gasteiger partial charge in [-0.1, -0.05) is 23.7 Å². The number of hydrogen-bond acceptors (Lipinski definition) is 2. The molecular formula is C14H12ClF3N2. The predicted octanol–water partition coefficient (Wildman–Crippen LogP) is 4.53. The Hall–Kier alpha value is -1.80. The van der Waals surface area contributed by atoms with Crippen LogP contribution in [0.5, 0.6) is 0 Å². The molecule has 1 rings (SSSR count). The van der Waals surface area contributed by atoms with E-state index in [1.165, 1.54) is 24.3 Å². The van der Waals surface area contributed by atoms with Gasteiger partial charge < -0.3 is 0 Å². The molecule has 106 valence electrons. The standard InChI is InChI=1S/C14H12ClF3N2/c1-2-3-4-13(14(16,17)18)20-9-11-6-5-10(8-19)7-12(11)15/h2,5-7,9,13H,1,3-4H2. The molecule has 0 radical (unpaired) electrons. The number of nitrogens with zero attached hydrogens (tertiary/aromatic N) is 2. The Morgan fingerprint density at radius 1 is 1.45 bits per heavy atom. The summed E-state index contributed by atoms with van der Waals surface area (Å²) in [4.78, 5) is 3.55. The third-order valence-electron chi connectivity index (χ3n) is 2.55. The minimum Gasteiger partial charge on any atom is -0.280 e. The Kier molecular flexibility index (Phi) is 5.78. The molecule has 2 nitrogen and oxygen atoms in total. The molecule has 0 aliphatic rings. The molecule has 0 aromatic heterocycles. The molecule has 0 fully saturated rings. The Morgan fingerprint density at radius 2 is 2.15 bits per heavy atom. The molecule has 0 heterocycles. The van der Waals surface area contributed by atoms with Crippen molar-refractivity contribution in [3.63, 3.8) is 0 Å². The molecule has 1 unspecified atom stereocenters. The highest BCUT2D eigenvalue weighted by Crippen LogP contribution is 2.27. The van der Waals surface area contributed by atoms with Gasteiger partial charge in [0.15, 0.2) is 0 Å². The summed E-state index contributed by atoms with van der Waals surface area (Å²) in [6.45, 7) is 3.40. The van der Waals surface area contributed by atoms with Crippen LogP contribution in [-0.2, 0) is 0 Å². The Morgan fingerprint density at radius 3 is 2.65 bits per heavy atom. The zero-order valence-electron chi connectivity index (χ0n) is 10.5. The Balaban J connectivity index is 2.93. The summed E-state index contributed by atoms with van der Waals surface area (Å²) in [6.07, 6.45) is -1.83. The minimum absolute atomic E-state index is 0.155. The van der Waals surface area contributed by atoms with E-state index in [9.17, 15) is 13.2 Å². The average Bonchev–Trinajstić information content (AvgIpc) is 2.38. The molecule has 6 heteroatoms. The van der Waals surface area contributed by atoms with Crippen LogP contribution in [0.1, 0.15) is 24.0 Å². The molecular weight excluding hydrogens is 289 g/mol. The first-order valence-electron chi connectivity index (χ1n) is 5.79. The highest BCUT2D eigenvalue weighted by atomic mass is 35.5. The van der Waals surface area contributed by atoms with Gasteiger partial charge in [0.1, 0.15) is 6.04 Å². The van der Waals surface area contributed by atoms with Crippen molar-refractivity contribution in [1.29, 1.82) is 5.26 Å². The van der Waals surface area contributed by atoms with E-state index in [0.717, 1.165) is 6.21 Å². The zero-order chi connectivity index (χ0) is 15.2. The van der Waals surface area contributed by atoms with E-state index < -0.39 is 12.2 Å². The van der Waals surface area contributed by atoms with Crippen molar-refractivity contribution in [2.45, 2.75) is 25.1 Å². The van der Waals surface area contributed by atoms with Crippen LogP contribution in [0.3, 0.4) is 0 Å². The van der Waals surface area contributed by atoms with Crippen molar-refractivity contribution in [2.24, 2.45) is 4.99 Å². The molecule has 0 spiro atoms. The lowest BCUT2D eigenvalue weighted by molar-refractivity contribution is -0.147. The first-order valence-corrected chi connectivity index (χ1v) is 6.16. The Labute approximate surface area is 120 Å². The molecule has 0 N–H and O–H groups in total. The van der Waals surface area contributed by atoms with E-state index >= 15 is 0 Å². The first kappa shape index (κ1) is 16.3. The predicted molar refractivity (Wildman–Crippen MR) is 73.0 cm³/mol. The SMILES string of the molecule is C=CCCC(N=Cc1ccc(C#N)cc1Cl)C(F)(F)F. The lowest BCUT2D eigenvalue weighted by Crippen LogP contribution is -2.27. The van der Waals surface area contributed by atoms with Gasteiger partial charge in [-0.3, -0.25) is 4.99 Å². The maximum atomic E-state index is 12.7. The molecule has 1 aromatic carbocycles. The van der Waals surface area contributed by atoms with Crippen LogP contribution in [0.25, 0.3) is 0 Å². The number of aliphatic imine (C=N–C) groups is 1. The van der Waals surface area contributed by atoms with Crippen molar-refractivity contribution in [3.05, 3.63) is 47.0 Å². The molecule has 20 heavy (non-hydrogen) atoms.